The van der Waals surface area contributed by atoms with Gasteiger partial charge < -0.3 is 34.3 Å². The van der Waals surface area contributed by atoms with Gasteiger partial charge in [-0.1, -0.05) is 20.8 Å². The second-order valence-corrected chi connectivity index (χ2v) is 9.27. The topological polar surface area (TPSA) is 114 Å². The molecule has 2 N–H and O–H groups in total. The molecule has 2 fully saturated rings. The molecule has 2 aromatic rings. The van der Waals surface area contributed by atoms with Crippen molar-refractivity contribution < 1.29 is 32.3 Å². The molecule has 1 saturated heterocycles. The SMILES string of the molecule is CC.CCCN(C)C(=O)N1CCN(C(=O)c2nc(-c3ccc(OC(F)F)c(OCC4CC4)c3)oc2CN)CC1. The van der Waals surface area contributed by atoms with E-state index in [9.17, 15) is 18.4 Å². The van der Waals surface area contributed by atoms with E-state index in [4.69, 9.17) is 14.9 Å². The molecule has 1 aliphatic carbocycles. The maximum absolute atomic E-state index is 13.3. The van der Waals surface area contributed by atoms with Crippen LogP contribution >= 0.6 is 0 Å². The van der Waals surface area contributed by atoms with Crippen molar-refractivity contribution in [3.63, 3.8) is 0 Å². The monoisotopic (exact) mass is 551 g/mol. The van der Waals surface area contributed by atoms with Gasteiger partial charge in [-0.2, -0.15) is 8.78 Å². The summed E-state index contributed by atoms with van der Waals surface area (Å²) < 4.78 is 41.8. The van der Waals surface area contributed by atoms with E-state index in [0.717, 1.165) is 19.3 Å². The third kappa shape index (κ3) is 7.81. The normalized spacial score (nSPS) is 15.1. The van der Waals surface area contributed by atoms with Crippen molar-refractivity contribution in [2.75, 3.05) is 46.4 Å². The zero-order chi connectivity index (χ0) is 28.5. The van der Waals surface area contributed by atoms with Crippen LogP contribution in [0.15, 0.2) is 22.6 Å². The second-order valence-electron chi connectivity index (χ2n) is 9.27. The lowest BCUT2D eigenvalue weighted by molar-refractivity contribution is -0.0515. The van der Waals surface area contributed by atoms with Gasteiger partial charge in [-0.15, -0.1) is 0 Å². The van der Waals surface area contributed by atoms with Crippen LogP contribution in [0.5, 0.6) is 11.5 Å². The third-order valence-corrected chi connectivity index (χ3v) is 6.39. The molecule has 1 aromatic carbocycles. The Balaban J connectivity index is 0.00000205. The van der Waals surface area contributed by atoms with Gasteiger partial charge in [-0.25, -0.2) is 9.78 Å². The van der Waals surface area contributed by atoms with E-state index in [2.05, 4.69) is 9.72 Å². The molecule has 10 nitrogen and oxygen atoms in total. The summed E-state index contributed by atoms with van der Waals surface area (Å²) in [4.78, 5) is 35.2. The second kappa shape index (κ2) is 14.1. The van der Waals surface area contributed by atoms with Crippen LogP contribution in [0.4, 0.5) is 13.6 Å². The summed E-state index contributed by atoms with van der Waals surface area (Å²) in [5, 5.41) is 0. The molecule has 0 atom stereocenters. The van der Waals surface area contributed by atoms with Gasteiger partial charge in [-0.3, -0.25) is 4.79 Å². The Morgan fingerprint density at radius 1 is 1.15 bits per heavy atom. The first-order valence-corrected chi connectivity index (χ1v) is 13.5. The standard InChI is InChI=1S/C25H33F2N5O5.C2H6/c1-3-8-30(2)25(34)32-11-9-31(10-12-32)23(33)21-20(14-28)36-22(29-21)17-6-7-18(37-24(26)27)19(13-17)35-15-16-4-5-16;1-2/h6-7,13,16,24H,3-5,8-12,14-15,28H2,1-2H3;1-2H3. The minimum absolute atomic E-state index is 0.0497. The lowest BCUT2D eigenvalue weighted by atomic mass is 10.2. The number of benzene rings is 1. The van der Waals surface area contributed by atoms with E-state index in [0.29, 0.717) is 50.8 Å². The molecule has 1 aromatic heterocycles. The summed E-state index contributed by atoms with van der Waals surface area (Å²) >= 11 is 0. The van der Waals surface area contributed by atoms with Crippen molar-refractivity contribution in [1.82, 2.24) is 19.7 Å². The van der Waals surface area contributed by atoms with Crippen molar-refractivity contribution in [1.29, 1.82) is 0 Å². The van der Waals surface area contributed by atoms with Crippen molar-refractivity contribution in [3.05, 3.63) is 29.7 Å². The predicted octanol–water partition coefficient (Wildman–Crippen LogP) is 4.44. The van der Waals surface area contributed by atoms with Gasteiger partial charge in [0.2, 0.25) is 5.89 Å². The van der Waals surface area contributed by atoms with Gasteiger partial charge in [0.1, 0.15) is 0 Å². The number of amides is 3. The summed E-state index contributed by atoms with van der Waals surface area (Å²) in [6.07, 6.45) is 2.94. The maximum atomic E-state index is 13.3. The number of oxazole rings is 1. The van der Waals surface area contributed by atoms with Gasteiger partial charge in [-0.05, 0) is 43.4 Å². The molecule has 2 aliphatic rings. The fourth-order valence-corrected chi connectivity index (χ4v) is 4.14. The quantitative estimate of drug-likeness (QED) is 0.464. The smallest absolute Gasteiger partial charge is 0.387 e. The highest BCUT2D eigenvalue weighted by atomic mass is 19.3. The van der Waals surface area contributed by atoms with E-state index in [-0.39, 0.29) is 47.3 Å². The number of nitrogens with two attached hydrogens (primary N) is 1. The largest absolute Gasteiger partial charge is 0.489 e. The van der Waals surface area contributed by atoms with Crippen LogP contribution in [0.1, 0.15) is 56.3 Å². The van der Waals surface area contributed by atoms with Gasteiger partial charge >= 0.3 is 12.6 Å². The number of hydrogen-bond donors (Lipinski definition) is 1. The van der Waals surface area contributed by atoms with Crippen LogP contribution in [0.2, 0.25) is 0 Å². The molecule has 0 bridgehead atoms. The Morgan fingerprint density at radius 2 is 1.82 bits per heavy atom. The Morgan fingerprint density at radius 3 is 2.41 bits per heavy atom. The summed E-state index contributed by atoms with van der Waals surface area (Å²) in [5.41, 5.74) is 6.37. The van der Waals surface area contributed by atoms with E-state index in [1.54, 1.807) is 21.7 Å². The number of carbonyl (C=O) groups is 2. The fraction of sp³-hybridized carbons (Fsp3) is 0.593. The summed E-state index contributed by atoms with van der Waals surface area (Å²) in [6, 6.07) is 4.33. The third-order valence-electron chi connectivity index (χ3n) is 6.39. The molecule has 2 heterocycles. The number of rotatable bonds is 10. The number of nitrogens with zero attached hydrogens (tertiary/aromatic N) is 4. The molecular formula is C27H39F2N5O5. The number of ether oxygens (including phenoxy) is 2. The van der Waals surface area contributed by atoms with Crippen LogP contribution in [0, 0.1) is 5.92 Å². The highest BCUT2D eigenvalue weighted by Crippen LogP contribution is 2.36. The highest BCUT2D eigenvalue weighted by molar-refractivity contribution is 5.94. The Labute approximate surface area is 228 Å². The zero-order valence-corrected chi connectivity index (χ0v) is 23.1. The molecule has 3 amide bonds. The Bertz CT molecular complexity index is 1100. The van der Waals surface area contributed by atoms with Crippen LogP contribution in [-0.4, -0.2) is 84.6 Å². The number of aromatic nitrogens is 1. The van der Waals surface area contributed by atoms with Gasteiger partial charge in [0.05, 0.1) is 13.2 Å². The molecule has 216 valence electrons. The first kappa shape index (κ1) is 30.1. The lowest BCUT2D eigenvalue weighted by Gasteiger charge is -2.36. The number of hydrogen-bond acceptors (Lipinski definition) is 7. The predicted molar refractivity (Wildman–Crippen MR) is 142 cm³/mol. The molecule has 0 radical (unpaired) electrons. The number of urea groups is 1. The van der Waals surface area contributed by atoms with Gasteiger partial charge in [0.25, 0.3) is 5.91 Å². The minimum atomic E-state index is -2.99. The summed E-state index contributed by atoms with van der Waals surface area (Å²) in [6.45, 7) is 5.57. The highest BCUT2D eigenvalue weighted by Gasteiger charge is 2.30. The molecule has 0 spiro atoms. The van der Waals surface area contributed by atoms with E-state index >= 15 is 0 Å². The first-order valence-electron chi connectivity index (χ1n) is 13.5. The maximum Gasteiger partial charge on any atom is 0.387 e. The van der Waals surface area contributed by atoms with E-state index in [1.807, 2.05) is 20.8 Å². The molecule has 39 heavy (non-hydrogen) atoms. The zero-order valence-electron chi connectivity index (χ0n) is 23.1. The molecule has 1 aliphatic heterocycles. The minimum Gasteiger partial charge on any atom is -0.489 e. The summed E-state index contributed by atoms with van der Waals surface area (Å²) in [7, 11) is 1.77. The summed E-state index contributed by atoms with van der Waals surface area (Å²) in [5.74, 6) is 0.471. The molecule has 1 saturated carbocycles. The Hall–Kier alpha value is -3.41. The average molecular weight is 552 g/mol. The molecule has 4 rings (SSSR count). The van der Waals surface area contributed by atoms with Crippen LogP contribution in [0.3, 0.4) is 0 Å². The number of halogens is 2. The van der Waals surface area contributed by atoms with E-state index in [1.165, 1.54) is 18.2 Å². The van der Waals surface area contributed by atoms with Crippen molar-refractivity contribution in [3.8, 4) is 23.0 Å². The van der Waals surface area contributed by atoms with E-state index < -0.39 is 6.61 Å². The first-order chi connectivity index (χ1) is 18.8. The van der Waals surface area contributed by atoms with Crippen LogP contribution < -0.4 is 15.2 Å². The molecule has 0 unspecified atom stereocenters. The Kier molecular flexibility index (Phi) is 10.9. The van der Waals surface area contributed by atoms with Crippen molar-refractivity contribution in [2.45, 2.75) is 53.2 Å². The number of alkyl halides is 2. The van der Waals surface area contributed by atoms with Gasteiger partial charge in [0.15, 0.2) is 23.0 Å². The number of piperazine rings is 1. The average Bonchev–Trinajstić information content (AvgIpc) is 3.68. The molecular weight excluding hydrogens is 512 g/mol. The van der Waals surface area contributed by atoms with Crippen LogP contribution in [0.25, 0.3) is 11.5 Å². The number of carbonyl (C=O) groups excluding carboxylic acids is 2. The van der Waals surface area contributed by atoms with Crippen molar-refractivity contribution >= 4 is 11.9 Å². The van der Waals surface area contributed by atoms with Crippen LogP contribution in [-0.2, 0) is 6.54 Å². The van der Waals surface area contributed by atoms with Gasteiger partial charge in [0, 0.05) is 45.3 Å². The molecule has 12 heteroatoms. The fourth-order valence-electron chi connectivity index (χ4n) is 4.14. The lowest BCUT2D eigenvalue weighted by Crippen LogP contribution is -2.53. The van der Waals surface area contributed by atoms with Crippen molar-refractivity contribution in [2.24, 2.45) is 11.7 Å².